The Labute approximate surface area is 127 Å². The van der Waals surface area contributed by atoms with E-state index in [0.717, 1.165) is 23.4 Å². The maximum Gasteiger partial charge on any atom is 0.410 e. The van der Waals surface area contributed by atoms with Gasteiger partial charge in [-0.05, 0) is 56.5 Å². The molecule has 6 nitrogen and oxygen atoms in total. The minimum atomic E-state index is -0.444. The molecule has 2 rings (SSSR count). The first-order chi connectivity index (χ1) is 9.26. The van der Waals surface area contributed by atoms with Crippen molar-refractivity contribution in [3.8, 4) is 0 Å². The van der Waals surface area contributed by atoms with Crippen molar-refractivity contribution in [3.63, 3.8) is 0 Å². The highest BCUT2D eigenvalue weighted by Gasteiger charge is 2.28. The van der Waals surface area contributed by atoms with Crippen LogP contribution in [0.25, 0.3) is 0 Å². The molecule has 1 aliphatic heterocycles. The molecule has 2 heterocycles. The molecule has 1 saturated heterocycles. The van der Waals surface area contributed by atoms with E-state index in [9.17, 15) is 4.79 Å². The molecule has 0 N–H and O–H groups in total. The van der Waals surface area contributed by atoms with E-state index >= 15 is 0 Å². The average molecular weight is 345 g/mol. The molecule has 0 saturated carbocycles. The van der Waals surface area contributed by atoms with E-state index in [1.807, 2.05) is 32.4 Å². The maximum atomic E-state index is 12.0. The first kappa shape index (κ1) is 15.3. The highest BCUT2D eigenvalue weighted by atomic mass is 79.9. The van der Waals surface area contributed by atoms with Gasteiger partial charge in [-0.15, -0.1) is 0 Å². The number of aromatic nitrogens is 3. The molecule has 7 heteroatoms. The van der Waals surface area contributed by atoms with Crippen LogP contribution in [0.2, 0.25) is 0 Å². The quantitative estimate of drug-likeness (QED) is 0.785. The predicted molar refractivity (Wildman–Crippen MR) is 78.5 cm³/mol. The number of aryl methyl sites for hydroxylation is 1. The van der Waals surface area contributed by atoms with Crippen LogP contribution in [-0.4, -0.2) is 44.4 Å². The largest absolute Gasteiger partial charge is 0.444 e. The molecule has 0 unspecified atom stereocenters. The molecule has 1 amide bonds. The Morgan fingerprint density at radius 1 is 1.35 bits per heavy atom. The Morgan fingerprint density at radius 3 is 2.40 bits per heavy atom. The van der Waals surface area contributed by atoms with Crippen LogP contribution in [-0.2, 0) is 4.74 Å². The molecule has 1 aliphatic rings. The molecular formula is C13H21BrN4O2. The fourth-order valence-electron chi connectivity index (χ4n) is 2.26. The summed E-state index contributed by atoms with van der Waals surface area (Å²) >= 11 is 3.42. The minimum absolute atomic E-state index is 0.232. The van der Waals surface area contributed by atoms with Gasteiger partial charge in [-0.25, -0.2) is 14.5 Å². The van der Waals surface area contributed by atoms with Gasteiger partial charge in [0.15, 0.2) is 4.73 Å². The predicted octanol–water partition coefficient (Wildman–Crippen LogP) is 2.92. The van der Waals surface area contributed by atoms with Crippen LogP contribution < -0.4 is 0 Å². The highest BCUT2D eigenvalue weighted by Crippen LogP contribution is 2.25. The van der Waals surface area contributed by atoms with Crippen LogP contribution in [0.4, 0.5) is 4.79 Å². The Balaban J connectivity index is 1.92. The van der Waals surface area contributed by atoms with E-state index in [-0.39, 0.29) is 12.1 Å². The van der Waals surface area contributed by atoms with Crippen LogP contribution in [0.15, 0.2) is 4.73 Å². The Morgan fingerprint density at radius 2 is 1.95 bits per heavy atom. The topological polar surface area (TPSA) is 60.2 Å². The number of nitrogens with zero attached hydrogens (tertiary/aromatic N) is 4. The summed E-state index contributed by atoms with van der Waals surface area (Å²) in [5.74, 6) is 0.756. The normalized spacial score (nSPS) is 17.4. The van der Waals surface area contributed by atoms with Crippen molar-refractivity contribution in [2.45, 2.75) is 52.2 Å². The van der Waals surface area contributed by atoms with Crippen LogP contribution in [0.3, 0.4) is 0 Å². The molecule has 0 aromatic carbocycles. The minimum Gasteiger partial charge on any atom is -0.444 e. The maximum absolute atomic E-state index is 12.0. The number of ether oxygens (including phenoxy) is 1. The molecule has 1 fully saturated rings. The zero-order chi connectivity index (χ0) is 14.9. The molecule has 0 atom stereocenters. The number of hydrogen-bond acceptors (Lipinski definition) is 4. The number of halogens is 1. The summed E-state index contributed by atoms with van der Waals surface area (Å²) in [6.45, 7) is 8.89. The van der Waals surface area contributed by atoms with E-state index in [1.165, 1.54) is 0 Å². The van der Waals surface area contributed by atoms with Gasteiger partial charge in [-0.2, -0.15) is 5.10 Å². The third kappa shape index (κ3) is 3.71. The standard InChI is InChI=1S/C13H21BrN4O2/c1-9-15-11(14)18(16-9)10-5-7-17(8-6-10)12(19)20-13(2,3)4/h10H,5-8H2,1-4H3. The number of carbonyl (C=O) groups is 1. The lowest BCUT2D eigenvalue weighted by Crippen LogP contribution is -2.42. The number of carbonyl (C=O) groups excluding carboxylic acids is 1. The third-order valence-electron chi connectivity index (χ3n) is 3.16. The van der Waals surface area contributed by atoms with Gasteiger partial charge in [0.2, 0.25) is 0 Å². The van der Waals surface area contributed by atoms with E-state index < -0.39 is 5.60 Å². The van der Waals surface area contributed by atoms with Gasteiger partial charge in [0.1, 0.15) is 11.4 Å². The Kier molecular flexibility index (Phi) is 4.36. The van der Waals surface area contributed by atoms with Gasteiger partial charge in [0, 0.05) is 13.1 Å². The molecule has 0 aliphatic carbocycles. The molecular weight excluding hydrogens is 324 g/mol. The first-order valence-electron chi connectivity index (χ1n) is 6.83. The number of likely N-dealkylation sites (tertiary alicyclic amines) is 1. The van der Waals surface area contributed by atoms with Crippen molar-refractivity contribution in [2.75, 3.05) is 13.1 Å². The van der Waals surface area contributed by atoms with E-state index in [2.05, 4.69) is 26.0 Å². The van der Waals surface area contributed by atoms with E-state index in [1.54, 1.807) is 4.90 Å². The number of piperidine rings is 1. The van der Waals surface area contributed by atoms with Crippen LogP contribution in [0.5, 0.6) is 0 Å². The third-order valence-corrected chi connectivity index (χ3v) is 3.70. The Bertz CT molecular complexity index is 487. The van der Waals surface area contributed by atoms with E-state index in [0.29, 0.717) is 13.1 Å². The monoisotopic (exact) mass is 344 g/mol. The molecule has 0 bridgehead atoms. The van der Waals surface area contributed by atoms with E-state index in [4.69, 9.17) is 4.74 Å². The highest BCUT2D eigenvalue weighted by molar-refractivity contribution is 9.10. The number of amides is 1. The average Bonchev–Trinajstić information content (AvgIpc) is 2.66. The number of rotatable bonds is 1. The zero-order valence-electron chi connectivity index (χ0n) is 12.4. The lowest BCUT2D eigenvalue weighted by molar-refractivity contribution is 0.0184. The first-order valence-corrected chi connectivity index (χ1v) is 7.62. The molecule has 0 radical (unpaired) electrons. The van der Waals surface area contributed by atoms with Crippen molar-refractivity contribution in [2.24, 2.45) is 0 Å². The summed E-state index contributed by atoms with van der Waals surface area (Å²) in [7, 11) is 0. The second-order valence-corrected chi connectivity index (χ2v) is 6.78. The summed E-state index contributed by atoms with van der Waals surface area (Å²) in [5, 5.41) is 4.39. The zero-order valence-corrected chi connectivity index (χ0v) is 14.0. The molecule has 20 heavy (non-hydrogen) atoms. The summed E-state index contributed by atoms with van der Waals surface area (Å²) in [6.07, 6.45) is 1.49. The van der Waals surface area contributed by atoms with Crippen LogP contribution in [0.1, 0.15) is 45.5 Å². The van der Waals surface area contributed by atoms with Gasteiger partial charge < -0.3 is 9.64 Å². The Hall–Kier alpha value is -1.11. The van der Waals surface area contributed by atoms with Gasteiger partial charge in [-0.1, -0.05) is 0 Å². The lowest BCUT2D eigenvalue weighted by Gasteiger charge is -2.33. The van der Waals surface area contributed by atoms with Crippen molar-refractivity contribution >= 4 is 22.0 Å². The molecule has 1 aromatic rings. The number of hydrogen-bond donors (Lipinski definition) is 0. The van der Waals surface area contributed by atoms with Crippen molar-refractivity contribution in [3.05, 3.63) is 10.6 Å². The fraction of sp³-hybridized carbons (Fsp3) is 0.769. The van der Waals surface area contributed by atoms with Crippen molar-refractivity contribution in [1.29, 1.82) is 0 Å². The van der Waals surface area contributed by atoms with Crippen LogP contribution >= 0.6 is 15.9 Å². The second-order valence-electron chi connectivity index (χ2n) is 6.07. The SMILES string of the molecule is Cc1nc(Br)n(C2CCN(C(=O)OC(C)(C)C)CC2)n1. The summed E-state index contributed by atoms with van der Waals surface area (Å²) in [5.41, 5.74) is -0.444. The van der Waals surface area contributed by atoms with Crippen LogP contribution in [0, 0.1) is 6.92 Å². The summed E-state index contributed by atoms with van der Waals surface area (Å²) < 4.78 is 8.05. The van der Waals surface area contributed by atoms with Gasteiger partial charge >= 0.3 is 6.09 Å². The van der Waals surface area contributed by atoms with Gasteiger partial charge in [-0.3, -0.25) is 0 Å². The summed E-state index contributed by atoms with van der Waals surface area (Å²) in [4.78, 5) is 18.0. The molecule has 112 valence electrons. The van der Waals surface area contributed by atoms with Gasteiger partial charge in [0.25, 0.3) is 0 Å². The second kappa shape index (κ2) is 5.71. The molecule has 1 aromatic heterocycles. The van der Waals surface area contributed by atoms with Crippen molar-refractivity contribution in [1.82, 2.24) is 19.7 Å². The van der Waals surface area contributed by atoms with Gasteiger partial charge in [0.05, 0.1) is 6.04 Å². The fourth-order valence-corrected chi connectivity index (χ4v) is 2.88. The van der Waals surface area contributed by atoms with Crippen molar-refractivity contribution < 1.29 is 9.53 Å². The molecule has 0 spiro atoms. The summed E-state index contributed by atoms with van der Waals surface area (Å²) in [6, 6.07) is 0.282. The smallest absolute Gasteiger partial charge is 0.410 e. The lowest BCUT2D eigenvalue weighted by atomic mass is 10.1.